The molecule has 0 aliphatic rings. The highest BCUT2D eigenvalue weighted by Crippen LogP contribution is 2.23. The average Bonchev–Trinajstić information content (AvgIpc) is 2.69. The van der Waals surface area contributed by atoms with Gasteiger partial charge in [-0.15, -0.1) is 0 Å². The molecular formula is C23H29NO4. The van der Waals surface area contributed by atoms with Crippen LogP contribution in [0, 0.1) is 13.8 Å². The lowest BCUT2D eigenvalue weighted by atomic mass is 10.1. The van der Waals surface area contributed by atoms with Crippen LogP contribution in [0.2, 0.25) is 0 Å². The van der Waals surface area contributed by atoms with Gasteiger partial charge in [0, 0.05) is 5.69 Å². The van der Waals surface area contributed by atoms with Crippen LogP contribution in [0.5, 0.6) is 5.75 Å². The number of anilines is 1. The summed E-state index contributed by atoms with van der Waals surface area (Å²) in [5, 5.41) is 2.85. The predicted octanol–water partition coefficient (Wildman–Crippen LogP) is 5.06. The third-order valence-corrected chi connectivity index (χ3v) is 4.61. The lowest BCUT2D eigenvalue weighted by molar-refractivity contribution is -0.122. The van der Waals surface area contributed by atoms with Crippen molar-refractivity contribution in [3.05, 3.63) is 59.2 Å². The van der Waals surface area contributed by atoms with Gasteiger partial charge in [0.2, 0.25) is 0 Å². The molecule has 0 saturated carbocycles. The molecule has 2 aromatic rings. The van der Waals surface area contributed by atoms with Crippen molar-refractivity contribution < 1.29 is 19.1 Å². The van der Waals surface area contributed by atoms with E-state index in [2.05, 4.69) is 5.32 Å². The summed E-state index contributed by atoms with van der Waals surface area (Å²) in [4.78, 5) is 24.6. The molecule has 150 valence electrons. The van der Waals surface area contributed by atoms with E-state index in [-0.39, 0.29) is 11.9 Å². The highest BCUT2D eigenvalue weighted by Gasteiger charge is 2.20. The number of rotatable bonds is 9. The SMILES string of the molecule is CCCCOC(=O)c1ccc(NC(=O)[C@H](CC)Oc2cccc(C)c2C)cc1. The third kappa shape index (κ3) is 5.84. The fraction of sp³-hybridized carbons (Fsp3) is 0.391. The molecule has 0 spiro atoms. The van der Waals surface area contributed by atoms with Gasteiger partial charge in [0.05, 0.1) is 12.2 Å². The number of aryl methyl sites for hydroxylation is 1. The van der Waals surface area contributed by atoms with Crippen LogP contribution in [0.1, 0.15) is 54.6 Å². The van der Waals surface area contributed by atoms with Gasteiger partial charge in [-0.25, -0.2) is 4.79 Å². The summed E-state index contributed by atoms with van der Waals surface area (Å²) < 4.78 is 11.1. The topological polar surface area (TPSA) is 64.6 Å². The minimum Gasteiger partial charge on any atom is -0.480 e. The maximum absolute atomic E-state index is 12.6. The summed E-state index contributed by atoms with van der Waals surface area (Å²) in [5.74, 6) is 0.143. The van der Waals surface area contributed by atoms with E-state index in [0.29, 0.717) is 30.0 Å². The largest absolute Gasteiger partial charge is 0.480 e. The van der Waals surface area contributed by atoms with Crippen LogP contribution in [-0.4, -0.2) is 24.6 Å². The van der Waals surface area contributed by atoms with Gasteiger partial charge < -0.3 is 14.8 Å². The van der Waals surface area contributed by atoms with Crippen molar-refractivity contribution in [1.29, 1.82) is 0 Å². The van der Waals surface area contributed by atoms with Crippen LogP contribution in [0.25, 0.3) is 0 Å². The van der Waals surface area contributed by atoms with Crippen molar-refractivity contribution >= 4 is 17.6 Å². The molecule has 0 heterocycles. The van der Waals surface area contributed by atoms with Gasteiger partial charge in [-0.2, -0.15) is 0 Å². The highest BCUT2D eigenvalue weighted by atomic mass is 16.5. The average molecular weight is 383 g/mol. The normalized spacial score (nSPS) is 11.6. The van der Waals surface area contributed by atoms with E-state index in [1.54, 1.807) is 24.3 Å². The van der Waals surface area contributed by atoms with Gasteiger partial charge in [-0.1, -0.05) is 32.4 Å². The first kappa shape index (κ1) is 21.5. The zero-order chi connectivity index (χ0) is 20.5. The van der Waals surface area contributed by atoms with Crippen molar-refractivity contribution in [2.75, 3.05) is 11.9 Å². The fourth-order valence-electron chi connectivity index (χ4n) is 2.63. The summed E-state index contributed by atoms with van der Waals surface area (Å²) in [6.07, 6.45) is 1.76. The Balaban J connectivity index is 1.98. The lowest BCUT2D eigenvalue weighted by Crippen LogP contribution is -2.32. The first-order valence-corrected chi connectivity index (χ1v) is 9.77. The molecule has 0 unspecified atom stereocenters. The Hall–Kier alpha value is -2.82. The number of nitrogens with one attached hydrogen (secondary N) is 1. The smallest absolute Gasteiger partial charge is 0.338 e. The van der Waals surface area contributed by atoms with Gasteiger partial charge >= 0.3 is 5.97 Å². The molecule has 0 aliphatic heterocycles. The van der Waals surface area contributed by atoms with E-state index < -0.39 is 6.10 Å². The Kier molecular flexibility index (Phi) is 8.05. The predicted molar refractivity (Wildman–Crippen MR) is 111 cm³/mol. The minimum atomic E-state index is -0.598. The molecule has 28 heavy (non-hydrogen) atoms. The maximum Gasteiger partial charge on any atom is 0.338 e. The van der Waals surface area contributed by atoms with Crippen LogP contribution in [0.4, 0.5) is 5.69 Å². The second-order valence-corrected chi connectivity index (χ2v) is 6.77. The van der Waals surface area contributed by atoms with Crippen LogP contribution in [0.15, 0.2) is 42.5 Å². The third-order valence-electron chi connectivity index (χ3n) is 4.61. The van der Waals surface area contributed by atoms with E-state index >= 15 is 0 Å². The number of benzene rings is 2. The first-order chi connectivity index (χ1) is 13.5. The number of hydrogen-bond acceptors (Lipinski definition) is 4. The van der Waals surface area contributed by atoms with Crippen molar-refractivity contribution in [3.8, 4) is 5.75 Å². The number of unbranched alkanes of at least 4 members (excludes halogenated alkanes) is 1. The highest BCUT2D eigenvalue weighted by molar-refractivity contribution is 5.95. The Bertz CT molecular complexity index is 799. The number of esters is 1. The van der Waals surface area contributed by atoms with Gasteiger partial charge in [0.1, 0.15) is 5.75 Å². The van der Waals surface area contributed by atoms with Gasteiger partial charge in [-0.05, 0) is 68.1 Å². The molecule has 0 bridgehead atoms. The van der Waals surface area contributed by atoms with Crippen molar-refractivity contribution in [1.82, 2.24) is 0 Å². The van der Waals surface area contributed by atoms with E-state index in [1.165, 1.54) is 0 Å². The fourth-order valence-corrected chi connectivity index (χ4v) is 2.63. The molecule has 1 N–H and O–H groups in total. The number of carbonyl (C=O) groups excluding carboxylic acids is 2. The molecule has 0 saturated heterocycles. The zero-order valence-corrected chi connectivity index (χ0v) is 17.1. The summed E-state index contributed by atoms with van der Waals surface area (Å²) in [5.41, 5.74) is 3.22. The molecule has 2 rings (SSSR count). The van der Waals surface area contributed by atoms with Gasteiger partial charge in [0.25, 0.3) is 5.91 Å². The Morgan fingerprint density at radius 3 is 2.39 bits per heavy atom. The maximum atomic E-state index is 12.6. The van der Waals surface area contributed by atoms with Crippen LogP contribution in [0.3, 0.4) is 0 Å². The van der Waals surface area contributed by atoms with E-state index in [1.807, 2.05) is 45.9 Å². The molecule has 0 aliphatic carbocycles. The molecule has 0 fully saturated rings. The monoisotopic (exact) mass is 383 g/mol. The van der Waals surface area contributed by atoms with E-state index in [9.17, 15) is 9.59 Å². The second-order valence-electron chi connectivity index (χ2n) is 6.77. The summed E-state index contributed by atoms with van der Waals surface area (Å²) in [6, 6.07) is 12.5. The lowest BCUT2D eigenvalue weighted by Gasteiger charge is -2.19. The van der Waals surface area contributed by atoms with Crippen LogP contribution < -0.4 is 10.1 Å². The quantitative estimate of drug-likeness (QED) is 0.486. The van der Waals surface area contributed by atoms with Crippen molar-refractivity contribution in [2.45, 2.75) is 53.1 Å². The number of ether oxygens (including phenoxy) is 2. The van der Waals surface area contributed by atoms with Gasteiger partial charge in [-0.3, -0.25) is 4.79 Å². The Labute approximate surface area is 167 Å². The van der Waals surface area contributed by atoms with E-state index in [4.69, 9.17) is 9.47 Å². The Morgan fingerprint density at radius 2 is 1.75 bits per heavy atom. The van der Waals surface area contributed by atoms with Crippen molar-refractivity contribution in [2.24, 2.45) is 0 Å². The number of hydrogen-bond donors (Lipinski definition) is 1. The van der Waals surface area contributed by atoms with Crippen LogP contribution >= 0.6 is 0 Å². The standard InChI is InChI=1S/C23H29NO4/c1-5-7-15-27-23(26)18-11-13-19(14-12-18)24-22(25)20(6-2)28-21-10-8-9-16(3)17(21)4/h8-14,20H,5-7,15H2,1-4H3,(H,24,25)/t20-/m0/s1. The summed E-state index contributed by atoms with van der Waals surface area (Å²) >= 11 is 0. The zero-order valence-electron chi connectivity index (χ0n) is 17.1. The molecule has 1 atom stereocenters. The molecule has 5 nitrogen and oxygen atoms in total. The minimum absolute atomic E-state index is 0.221. The first-order valence-electron chi connectivity index (χ1n) is 9.77. The molecule has 0 radical (unpaired) electrons. The number of amides is 1. The van der Waals surface area contributed by atoms with Crippen molar-refractivity contribution in [3.63, 3.8) is 0 Å². The Morgan fingerprint density at radius 1 is 1.04 bits per heavy atom. The van der Waals surface area contributed by atoms with Gasteiger partial charge in [0.15, 0.2) is 6.10 Å². The molecular weight excluding hydrogens is 354 g/mol. The summed E-state index contributed by atoms with van der Waals surface area (Å²) in [6.45, 7) is 8.36. The summed E-state index contributed by atoms with van der Waals surface area (Å²) in [7, 11) is 0. The number of carbonyl (C=O) groups is 2. The molecule has 0 aromatic heterocycles. The van der Waals surface area contributed by atoms with E-state index in [0.717, 1.165) is 24.0 Å². The molecule has 5 heteroatoms. The van der Waals surface area contributed by atoms with Crippen LogP contribution in [-0.2, 0) is 9.53 Å². The second kappa shape index (κ2) is 10.5. The molecule has 2 aromatic carbocycles. The molecule has 1 amide bonds.